The van der Waals surface area contributed by atoms with E-state index in [2.05, 4.69) is 20.1 Å². The summed E-state index contributed by atoms with van der Waals surface area (Å²) < 4.78 is 34.7. The first-order valence-electron chi connectivity index (χ1n) is 7.93. The highest BCUT2D eigenvalue weighted by molar-refractivity contribution is 5.91. The van der Waals surface area contributed by atoms with Crippen molar-refractivity contribution >= 4 is 24.0 Å². The van der Waals surface area contributed by atoms with Gasteiger partial charge in [-0.25, -0.2) is 0 Å². The van der Waals surface area contributed by atoms with E-state index in [1.54, 1.807) is 0 Å². The maximum absolute atomic E-state index is 13.0. The second-order valence-electron chi connectivity index (χ2n) is 6.56. The number of halogens is 3. The first-order chi connectivity index (χ1) is 11.0. The third kappa shape index (κ3) is 3.57. The van der Waals surface area contributed by atoms with Gasteiger partial charge in [0.2, 0.25) is 5.91 Å². The molecule has 0 spiro atoms. The number of anilines is 1. The van der Waals surface area contributed by atoms with Crippen LogP contribution in [0.2, 0.25) is 0 Å². The van der Waals surface area contributed by atoms with Gasteiger partial charge < -0.3 is 20.1 Å². The molecule has 2 saturated heterocycles. The number of rotatable bonds is 3. The molecule has 1 amide bonds. The molecular weight excluding hydrogens is 342 g/mol. The van der Waals surface area contributed by atoms with Crippen molar-refractivity contribution < 1.29 is 23.0 Å². The standard InChI is InChI=1S/C16H18F2N2O3.ClH/c17-16(18)22-13-4-3-12(8-14(13)23-16)20-15(21)7-9-5-10-1-2-11(6-9)19-10;/h3-4,8-11,19H,1-2,5-7H2,(H,20,21);1H. The summed E-state index contributed by atoms with van der Waals surface area (Å²) in [5.74, 6) is 0.199. The molecule has 2 bridgehead atoms. The van der Waals surface area contributed by atoms with Crippen molar-refractivity contribution in [2.75, 3.05) is 5.32 Å². The van der Waals surface area contributed by atoms with Gasteiger partial charge in [0.1, 0.15) is 0 Å². The summed E-state index contributed by atoms with van der Waals surface area (Å²) in [4.78, 5) is 12.2. The Morgan fingerprint density at radius 2 is 1.88 bits per heavy atom. The minimum absolute atomic E-state index is 0. The van der Waals surface area contributed by atoms with Gasteiger partial charge in [-0.1, -0.05) is 0 Å². The molecule has 1 aromatic rings. The summed E-state index contributed by atoms with van der Waals surface area (Å²) in [6.07, 6.45) is 1.26. The SMILES string of the molecule is Cl.O=C(CC1CC2CCC(C1)N2)Nc1ccc2c(c1)OC(F)(F)O2. The molecule has 0 aliphatic carbocycles. The number of carbonyl (C=O) groups is 1. The molecule has 3 heterocycles. The first kappa shape index (κ1) is 17.2. The van der Waals surface area contributed by atoms with Crippen LogP contribution >= 0.6 is 12.4 Å². The Balaban J connectivity index is 0.00000169. The summed E-state index contributed by atoms with van der Waals surface area (Å²) in [7, 11) is 0. The summed E-state index contributed by atoms with van der Waals surface area (Å²) in [6.45, 7) is 0. The fraction of sp³-hybridized carbons (Fsp3) is 0.562. The van der Waals surface area contributed by atoms with Crippen molar-refractivity contribution in [1.29, 1.82) is 0 Å². The predicted octanol–water partition coefficient (Wildman–Crippen LogP) is 3.29. The number of fused-ring (bicyclic) bond motifs is 3. The minimum atomic E-state index is -3.64. The van der Waals surface area contributed by atoms with Crippen LogP contribution in [0.3, 0.4) is 0 Å². The van der Waals surface area contributed by atoms with Crippen molar-refractivity contribution in [1.82, 2.24) is 5.32 Å². The van der Waals surface area contributed by atoms with Gasteiger partial charge in [0.05, 0.1) is 0 Å². The first-order valence-corrected chi connectivity index (χ1v) is 7.93. The Labute approximate surface area is 144 Å². The molecule has 2 fully saturated rings. The van der Waals surface area contributed by atoms with Crippen LogP contribution in [0.1, 0.15) is 32.1 Å². The zero-order valence-electron chi connectivity index (χ0n) is 12.9. The van der Waals surface area contributed by atoms with Crippen molar-refractivity contribution in [3.63, 3.8) is 0 Å². The minimum Gasteiger partial charge on any atom is -0.395 e. The van der Waals surface area contributed by atoms with Gasteiger partial charge in [-0.05, 0) is 43.7 Å². The molecule has 2 N–H and O–H groups in total. The van der Waals surface area contributed by atoms with Crippen LogP contribution in [0.15, 0.2) is 18.2 Å². The number of alkyl halides is 2. The Morgan fingerprint density at radius 3 is 2.58 bits per heavy atom. The monoisotopic (exact) mass is 360 g/mol. The predicted molar refractivity (Wildman–Crippen MR) is 85.8 cm³/mol. The Kier molecular flexibility index (Phi) is 4.57. The smallest absolute Gasteiger partial charge is 0.395 e. The summed E-state index contributed by atoms with van der Waals surface area (Å²) >= 11 is 0. The Bertz CT molecular complexity index is 632. The Hall–Kier alpha value is -1.60. The van der Waals surface area contributed by atoms with Crippen molar-refractivity contribution in [2.24, 2.45) is 5.92 Å². The van der Waals surface area contributed by atoms with Gasteiger partial charge in [-0.15, -0.1) is 21.2 Å². The lowest BCUT2D eigenvalue weighted by atomic mass is 9.89. The van der Waals surface area contributed by atoms with Gasteiger partial charge in [-0.3, -0.25) is 4.79 Å². The third-order valence-electron chi connectivity index (χ3n) is 4.73. The number of hydrogen-bond acceptors (Lipinski definition) is 4. The number of benzene rings is 1. The molecule has 24 heavy (non-hydrogen) atoms. The summed E-state index contributed by atoms with van der Waals surface area (Å²) in [6, 6.07) is 5.35. The van der Waals surface area contributed by atoms with E-state index in [0.717, 1.165) is 12.8 Å². The van der Waals surface area contributed by atoms with Gasteiger partial charge >= 0.3 is 6.29 Å². The molecule has 5 nitrogen and oxygen atoms in total. The van der Waals surface area contributed by atoms with Crippen LogP contribution in [0.25, 0.3) is 0 Å². The van der Waals surface area contributed by atoms with E-state index in [-0.39, 0.29) is 29.8 Å². The molecule has 4 rings (SSSR count). The number of hydrogen-bond donors (Lipinski definition) is 2. The average Bonchev–Trinajstić information content (AvgIpc) is 2.95. The molecule has 0 aromatic heterocycles. The topological polar surface area (TPSA) is 59.6 Å². The van der Waals surface area contributed by atoms with Gasteiger partial charge in [0.25, 0.3) is 0 Å². The van der Waals surface area contributed by atoms with E-state index in [0.29, 0.717) is 30.1 Å². The summed E-state index contributed by atoms with van der Waals surface area (Å²) in [5, 5.41) is 6.30. The van der Waals surface area contributed by atoms with E-state index in [4.69, 9.17) is 0 Å². The van der Waals surface area contributed by atoms with Crippen molar-refractivity contribution in [2.45, 2.75) is 50.5 Å². The average molecular weight is 361 g/mol. The van der Waals surface area contributed by atoms with E-state index >= 15 is 0 Å². The summed E-state index contributed by atoms with van der Waals surface area (Å²) in [5.41, 5.74) is 0.437. The van der Waals surface area contributed by atoms with Crippen LogP contribution in [-0.4, -0.2) is 24.3 Å². The molecule has 0 radical (unpaired) electrons. The second kappa shape index (κ2) is 6.37. The molecule has 2 atom stereocenters. The van der Waals surface area contributed by atoms with Crippen LogP contribution < -0.4 is 20.1 Å². The van der Waals surface area contributed by atoms with Crippen molar-refractivity contribution in [3.8, 4) is 11.5 Å². The normalized spacial score (nSPS) is 29.0. The highest BCUT2D eigenvalue weighted by Gasteiger charge is 2.43. The molecule has 2 unspecified atom stereocenters. The van der Waals surface area contributed by atoms with E-state index in [1.807, 2.05) is 0 Å². The molecule has 1 aromatic carbocycles. The van der Waals surface area contributed by atoms with Crippen LogP contribution in [0.4, 0.5) is 14.5 Å². The fourth-order valence-electron chi connectivity index (χ4n) is 3.84. The van der Waals surface area contributed by atoms with E-state index in [9.17, 15) is 13.6 Å². The van der Waals surface area contributed by atoms with Gasteiger partial charge in [0.15, 0.2) is 11.5 Å². The Morgan fingerprint density at radius 1 is 1.21 bits per heavy atom. The zero-order chi connectivity index (χ0) is 16.0. The molecule has 3 aliphatic rings. The molecule has 0 saturated carbocycles. The van der Waals surface area contributed by atoms with Crippen molar-refractivity contribution in [3.05, 3.63) is 18.2 Å². The number of carbonyl (C=O) groups excluding carboxylic acids is 1. The lowest BCUT2D eigenvalue weighted by molar-refractivity contribution is -0.286. The van der Waals surface area contributed by atoms with Crippen LogP contribution in [-0.2, 0) is 4.79 Å². The second-order valence-corrected chi connectivity index (χ2v) is 6.56. The lowest BCUT2D eigenvalue weighted by Crippen LogP contribution is -2.39. The third-order valence-corrected chi connectivity index (χ3v) is 4.73. The van der Waals surface area contributed by atoms with Crippen LogP contribution in [0, 0.1) is 5.92 Å². The maximum atomic E-state index is 13.0. The highest BCUT2D eigenvalue weighted by atomic mass is 35.5. The van der Waals surface area contributed by atoms with Crippen LogP contribution in [0.5, 0.6) is 11.5 Å². The molecular formula is C16H19ClF2N2O3. The lowest BCUT2D eigenvalue weighted by Gasteiger charge is -2.28. The number of piperidine rings is 1. The maximum Gasteiger partial charge on any atom is 0.586 e. The highest BCUT2D eigenvalue weighted by Crippen LogP contribution is 2.42. The fourth-order valence-corrected chi connectivity index (χ4v) is 3.84. The number of ether oxygens (including phenoxy) is 2. The molecule has 132 valence electrons. The number of nitrogens with one attached hydrogen (secondary N) is 2. The van der Waals surface area contributed by atoms with E-state index < -0.39 is 6.29 Å². The van der Waals surface area contributed by atoms with E-state index in [1.165, 1.54) is 31.0 Å². The largest absolute Gasteiger partial charge is 0.586 e. The molecule has 8 heteroatoms. The quantitative estimate of drug-likeness (QED) is 0.868. The zero-order valence-corrected chi connectivity index (χ0v) is 13.7. The van der Waals surface area contributed by atoms with Gasteiger partial charge in [-0.2, -0.15) is 0 Å². The molecule has 3 aliphatic heterocycles. The van der Waals surface area contributed by atoms with Gasteiger partial charge in [0, 0.05) is 30.3 Å². The number of amides is 1.